The number of aromatic nitrogens is 3. The van der Waals surface area contributed by atoms with Crippen LogP contribution in [0.25, 0.3) is 33.1 Å². The zero-order valence-electron chi connectivity index (χ0n) is 11.0. The van der Waals surface area contributed by atoms with Crippen molar-refractivity contribution >= 4 is 33.4 Å². The SMILES string of the molecule is Clc1nc(-c2cccc3ccccc23)c2ncccc2n1. The number of halogens is 1. The molecule has 2 heterocycles. The predicted molar refractivity (Wildman–Crippen MR) is 85.3 cm³/mol. The van der Waals surface area contributed by atoms with Crippen LogP contribution in [0.15, 0.2) is 60.8 Å². The first kappa shape index (κ1) is 12.2. The van der Waals surface area contributed by atoms with Gasteiger partial charge in [0.15, 0.2) is 0 Å². The summed E-state index contributed by atoms with van der Waals surface area (Å²) in [5, 5.41) is 2.52. The Hall–Kier alpha value is -2.52. The van der Waals surface area contributed by atoms with Crippen LogP contribution < -0.4 is 0 Å². The van der Waals surface area contributed by atoms with Crippen LogP contribution in [0.1, 0.15) is 0 Å². The van der Waals surface area contributed by atoms with Crippen molar-refractivity contribution in [3.8, 4) is 11.3 Å². The second-order valence-corrected chi connectivity index (χ2v) is 5.08. The average molecular weight is 292 g/mol. The summed E-state index contributed by atoms with van der Waals surface area (Å²) in [6, 6.07) is 18.1. The first-order chi connectivity index (χ1) is 10.3. The Kier molecular flexibility index (Phi) is 2.79. The highest BCUT2D eigenvalue weighted by Crippen LogP contribution is 2.31. The minimum absolute atomic E-state index is 0.235. The molecule has 0 aliphatic heterocycles. The summed E-state index contributed by atoms with van der Waals surface area (Å²) in [6.07, 6.45) is 1.74. The number of pyridine rings is 1. The molecule has 0 radical (unpaired) electrons. The minimum Gasteiger partial charge on any atom is -0.252 e. The Balaban J connectivity index is 2.14. The van der Waals surface area contributed by atoms with E-state index in [1.54, 1.807) is 6.20 Å². The minimum atomic E-state index is 0.235. The Morgan fingerprint density at radius 1 is 0.810 bits per heavy atom. The van der Waals surface area contributed by atoms with E-state index >= 15 is 0 Å². The molecule has 0 saturated heterocycles. The van der Waals surface area contributed by atoms with Crippen molar-refractivity contribution in [1.29, 1.82) is 0 Å². The van der Waals surface area contributed by atoms with Crippen LogP contribution in [0.4, 0.5) is 0 Å². The quantitative estimate of drug-likeness (QED) is 0.485. The highest BCUT2D eigenvalue weighted by Gasteiger charge is 2.12. The van der Waals surface area contributed by atoms with Crippen molar-refractivity contribution in [2.45, 2.75) is 0 Å². The maximum absolute atomic E-state index is 6.07. The molecule has 4 aromatic rings. The van der Waals surface area contributed by atoms with Gasteiger partial charge in [-0.3, -0.25) is 4.98 Å². The normalized spacial score (nSPS) is 11.1. The maximum Gasteiger partial charge on any atom is 0.223 e. The van der Waals surface area contributed by atoms with E-state index in [2.05, 4.69) is 33.2 Å². The summed E-state index contributed by atoms with van der Waals surface area (Å²) >= 11 is 6.07. The molecule has 0 saturated carbocycles. The monoisotopic (exact) mass is 291 g/mol. The summed E-state index contributed by atoms with van der Waals surface area (Å²) in [7, 11) is 0. The van der Waals surface area contributed by atoms with Crippen molar-refractivity contribution in [3.63, 3.8) is 0 Å². The van der Waals surface area contributed by atoms with E-state index in [0.717, 1.165) is 33.1 Å². The zero-order chi connectivity index (χ0) is 14.2. The molecule has 4 heteroatoms. The van der Waals surface area contributed by atoms with Crippen LogP contribution in [-0.2, 0) is 0 Å². The lowest BCUT2D eigenvalue weighted by molar-refractivity contribution is 1.20. The summed E-state index contributed by atoms with van der Waals surface area (Å²) in [4.78, 5) is 13.1. The van der Waals surface area contributed by atoms with E-state index in [1.165, 1.54) is 0 Å². The smallest absolute Gasteiger partial charge is 0.223 e. The molecule has 0 fully saturated rings. The van der Waals surface area contributed by atoms with Crippen LogP contribution in [0.3, 0.4) is 0 Å². The number of hydrogen-bond acceptors (Lipinski definition) is 3. The van der Waals surface area contributed by atoms with E-state index in [-0.39, 0.29) is 5.28 Å². The highest BCUT2D eigenvalue weighted by molar-refractivity contribution is 6.29. The average Bonchev–Trinajstić information content (AvgIpc) is 2.53. The number of rotatable bonds is 1. The second-order valence-electron chi connectivity index (χ2n) is 4.74. The lowest BCUT2D eigenvalue weighted by Crippen LogP contribution is -1.93. The maximum atomic E-state index is 6.07. The third-order valence-electron chi connectivity index (χ3n) is 3.47. The zero-order valence-corrected chi connectivity index (χ0v) is 11.7. The Bertz CT molecular complexity index is 961. The molecular weight excluding hydrogens is 282 g/mol. The topological polar surface area (TPSA) is 38.7 Å². The summed E-state index contributed by atoms with van der Waals surface area (Å²) in [6.45, 7) is 0. The molecule has 0 N–H and O–H groups in total. The molecule has 21 heavy (non-hydrogen) atoms. The van der Waals surface area contributed by atoms with E-state index in [0.29, 0.717) is 0 Å². The molecule has 0 aliphatic rings. The van der Waals surface area contributed by atoms with Gasteiger partial charge in [-0.15, -0.1) is 0 Å². The van der Waals surface area contributed by atoms with E-state index in [1.807, 2.05) is 36.4 Å². The fraction of sp³-hybridized carbons (Fsp3) is 0. The standard InChI is InChI=1S/C17H10ClN3/c18-17-20-14-9-4-10-19-16(14)15(21-17)13-8-3-6-11-5-1-2-7-12(11)13/h1-10H. The number of fused-ring (bicyclic) bond motifs is 2. The molecule has 100 valence electrons. The van der Waals surface area contributed by atoms with Gasteiger partial charge in [-0.25, -0.2) is 9.97 Å². The summed E-state index contributed by atoms with van der Waals surface area (Å²) in [5.74, 6) is 0. The van der Waals surface area contributed by atoms with Gasteiger partial charge in [0.05, 0.1) is 5.52 Å². The molecule has 0 amide bonds. The Labute approximate surface area is 126 Å². The third-order valence-corrected chi connectivity index (χ3v) is 3.64. The third kappa shape index (κ3) is 2.03. The number of hydrogen-bond donors (Lipinski definition) is 0. The predicted octanol–water partition coefficient (Wildman–Crippen LogP) is 4.50. The number of nitrogens with zero attached hydrogens (tertiary/aromatic N) is 3. The second kappa shape index (κ2) is 4.79. The van der Waals surface area contributed by atoms with Crippen molar-refractivity contribution in [2.75, 3.05) is 0 Å². The Morgan fingerprint density at radius 2 is 1.67 bits per heavy atom. The molecule has 3 nitrogen and oxygen atoms in total. The van der Waals surface area contributed by atoms with Crippen LogP contribution >= 0.6 is 11.6 Å². The van der Waals surface area contributed by atoms with Gasteiger partial charge in [-0.1, -0.05) is 42.5 Å². The van der Waals surface area contributed by atoms with Gasteiger partial charge in [0.25, 0.3) is 0 Å². The van der Waals surface area contributed by atoms with Crippen LogP contribution in [0, 0.1) is 0 Å². The van der Waals surface area contributed by atoms with Crippen LogP contribution in [-0.4, -0.2) is 15.0 Å². The van der Waals surface area contributed by atoms with E-state index in [4.69, 9.17) is 11.6 Å². The highest BCUT2D eigenvalue weighted by atomic mass is 35.5. The van der Waals surface area contributed by atoms with Gasteiger partial charge >= 0.3 is 0 Å². The van der Waals surface area contributed by atoms with E-state index < -0.39 is 0 Å². The van der Waals surface area contributed by atoms with Crippen molar-refractivity contribution < 1.29 is 0 Å². The van der Waals surface area contributed by atoms with Crippen LogP contribution in [0.5, 0.6) is 0 Å². The molecule has 0 bridgehead atoms. The molecular formula is C17H10ClN3. The largest absolute Gasteiger partial charge is 0.252 e. The fourth-order valence-electron chi connectivity index (χ4n) is 2.56. The van der Waals surface area contributed by atoms with Crippen molar-refractivity contribution in [1.82, 2.24) is 15.0 Å². The van der Waals surface area contributed by atoms with Crippen molar-refractivity contribution in [3.05, 3.63) is 66.1 Å². The first-order valence-corrected chi connectivity index (χ1v) is 6.97. The number of benzene rings is 2. The van der Waals surface area contributed by atoms with Crippen molar-refractivity contribution in [2.24, 2.45) is 0 Å². The molecule has 0 spiro atoms. The van der Waals surface area contributed by atoms with Crippen LogP contribution in [0.2, 0.25) is 5.28 Å². The molecule has 4 rings (SSSR count). The molecule has 0 atom stereocenters. The summed E-state index contributed by atoms with van der Waals surface area (Å²) < 4.78 is 0. The molecule has 2 aromatic carbocycles. The molecule has 2 aromatic heterocycles. The van der Waals surface area contributed by atoms with Gasteiger partial charge in [-0.05, 0) is 34.5 Å². The molecule has 0 unspecified atom stereocenters. The lowest BCUT2D eigenvalue weighted by Gasteiger charge is -2.08. The first-order valence-electron chi connectivity index (χ1n) is 6.59. The lowest BCUT2D eigenvalue weighted by atomic mass is 10.0. The van der Waals surface area contributed by atoms with E-state index in [9.17, 15) is 0 Å². The van der Waals surface area contributed by atoms with Gasteiger partial charge in [-0.2, -0.15) is 0 Å². The van der Waals surface area contributed by atoms with Gasteiger partial charge in [0.2, 0.25) is 5.28 Å². The van der Waals surface area contributed by atoms with Gasteiger partial charge in [0.1, 0.15) is 11.2 Å². The summed E-state index contributed by atoms with van der Waals surface area (Å²) in [5.41, 5.74) is 3.29. The van der Waals surface area contributed by atoms with Gasteiger partial charge in [0, 0.05) is 11.8 Å². The molecule has 0 aliphatic carbocycles. The van der Waals surface area contributed by atoms with Gasteiger partial charge < -0.3 is 0 Å². The fourth-order valence-corrected chi connectivity index (χ4v) is 2.73. The Morgan fingerprint density at radius 3 is 2.62 bits per heavy atom.